The topological polar surface area (TPSA) is 66.5 Å². The largest absolute Gasteiger partial charge is 0.322 e. The maximum Gasteiger partial charge on any atom is 0.266 e. The predicted molar refractivity (Wildman–Crippen MR) is 134 cm³/mol. The van der Waals surface area contributed by atoms with Gasteiger partial charge in [-0.1, -0.05) is 35.9 Å². The maximum absolute atomic E-state index is 13.4. The van der Waals surface area contributed by atoms with Crippen molar-refractivity contribution >= 4 is 61.5 Å². The number of sulfonamides is 1. The standard InChI is InChI=1S/C23H20ClIN2O3S/c1-3-13-27(19-7-5-4-6-8-19)31(29,30)22-15-17(9-11-20(22)24)23(28)26-21-12-10-18(25)14-16(21)2/h3-12,14-15H,1,13H2,2H3,(H,26,28). The molecule has 0 saturated heterocycles. The second-order valence-electron chi connectivity index (χ2n) is 6.72. The van der Waals surface area contributed by atoms with Crippen molar-refractivity contribution in [2.24, 2.45) is 0 Å². The number of amides is 1. The Kier molecular flexibility index (Phi) is 7.40. The van der Waals surface area contributed by atoms with Crippen molar-refractivity contribution in [2.45, 2.75) is 11.8 Å². The van der Waals surface area contributed by atoms with Gasteiger partial charge in [0.15, 0.2) is 0 Å². The summed E-state index contributed by atoms with van der Waals surface area (Å²) in [6.45, 7) is 5.61. The van der Waals surface area contributed by atoms with Gasteiger partial charge in [-0.05, 0) is 83.6 Å². The Labute approximate surface area is 200 Å². The van der Waals surface area contributed by atoms with E-state index in [0.29, 0.717) is 11.4 Å². The molecule has 1 N–H and O–H groups in total. The van der Waals surface area contributed by atoms with E-state index >= 15 is 0 Å². The van der Waals surface area contributed by atoms with Crippen LogP contribution in [0.4, 0.5) is 11.4 Å². The summed E-state index contributed by atoms with van der Waals surface area (Å²) >= 11 is 8.45. The molecule has 160 valence electrons. The number of rotatable bonds is 7. The molecule has 0 aromatic heterocycles. The lowest BCUT2D eigenvalue weighted by molar-refractivity contribution is 0.102. The Morgan fingerprint density at radius 3 is 2.48 bits per heavy atom. The Balaban J connectivity index is 1.99. The number of anilines is 2. The molecule has 0 unspecified atom stereocenters. The van der Waals surface area contributed by atoms with Crippen LogP contribution in [0.25, 0.3) is 0 Å². The minimum Gasteiger partial charge on any atom is -0.322 e. The number of carbonyl (C=O) groups excluding carboxylic acids is 1. The summed E-state index contributed by atoms with van der Waals surface area (Å²) in [7, 11) is -4.04. The molecule has 8 heteroatoms. The summed E-state index contributed by atoms with van der Waals surface area (Å²) in [6.07, 6.45) is 1.49. The molecule has 0 atom stereocenters. The van der Waals surface area contributed by atoms with Gasteiger partial charge >= 0.3 is 0 Å². The summed E-state index contributed by atoms with van der Waals surface area (Å²) in [5.74, 6) is -0.424. The van der Waals surface area contributed by atoms with Crippen molar-refractivity contribution < 1.29 is 13.2 Å². The molecule has 0 spiro atoms. The van der Waals surface area contributed by atoms with Crippen molar-refractivity contribution in [3.8, 4) is 0 Å². The van der Waals surface area contributed by atoms with E-state index in [2.05, 4.69) is 34.5 Å². The molecule has 0 radical (unpaired) electrons. The first-order valence-corrected chi connectivity index (χ1v) is 12.2. The van der Waals surface area contributed by atoms with E-state index in [0.717, 1.165) is 9.13 Å². The number of halogens is 2. The molecule has 0 fully saturated rings. The molecule has 3 rings (SSSR count). The Hall–Kier alpha value is -2.36. The summed E-state index contributed by atoms with van der Waals surface area (Å²) in [6, 6.07) is 18.5. The normalized spacial score (nSPS) is 11.1. The van der Waals surface area contributed by atoms with E-state index in [1.54, 1.807) is 30.3 Å². The van der Waals surface area contributed by atoms with Crippen molar-refractivity contribution in [3.63, 3.8) is 0 Å². The van der Waals surface area contributed by atoms with Crippen molar-refractivity contribution in [1.29, 1.82) is 0 Å². The highest BCUT2D eigenvalue weighted by atomic mass is 127. The molecule has 0 aliphatic heterocycles. The number of benzene rings is 3. The molecule has 31 heavy (non-hydrogen) atoms. The fourth-order valence-electron chi connectivity index (χ4n) is 2.98. The van der Waals surface area contributed by atoms with Crippen LogP contribution in [0, 0.1) is 10.5 Å². The molecule has 0 saturated carbocycles. The SMILES string of the molecule is C=CCN(c1ccccc1)S(=O)(=O)c1cc(C(=O)Nc2ccc(I)cc2C)ccc1Cl. The fraction of sp³-hybridized carbons (Fsp3) is 0.0870. The Bertz CT molecular complexity index is 1230. The minimum absolute atomic E-state index is 0.0342. The van der Waals surface area contributed by atoms with Gasteiger partial charge in [0.05, 0.1) is 17.3 Å². The third kappa shape index (κ3) is 5.28. The first kappa shape index (κ1) is 23.3. The summed E-state index contributed by atoms with van der Waals surface area (Å²) < 4.78 is 29.1. The van der Waals surface area contributed by atoms with Gasteiger partial charge in [-0.2, -0.15) is 0 Å². The van der Waals surface area contributed by atoms with E-state index in [1.165, 1.54) is 28.6 Å². The highest BCUT2D eigenvalue weighted by Crippen LogP contribution is 2.30. The van der Waals surface area contributed by atoms with Crippen LogP contribution in [0.3, 0.4) is 0 Å². The average molecular weight is 567 g/mol. The zero-order valence-electron chi connectivity index (χ0n) is 16.7. The molecule has 1 amide bonds. The number of hydrogen-bond acceptors (Lipinski definition) is 3. The number of nitrogens with one attached hydrogen (secondary N) is 1. The van der Waals surface area contributed by atoms with Crippen LogP contribution < -0.4 is 9.62 Å². The molecule has 5 nitrogen and oxygen atoms in total. The Morgan fingerprint density at radius 2 is 1.84 bits per heavy atom. The highest BCUT2D eigenvalue weighted by molar-refractivity contribution is 14.1. The van der Waals surface area contributed by atoms with Gasteiger partial charge in [-0.3, -0.25) is 9.10 Å². The number of hydrogen-bond donors (Lipinski definition) is 1. The fourth-order valence-corrected chi connectivity index (χ4v) is 5.56. The summed E-state index contributed by atoms with van der Waals surface area (Å²) in [5.41, 5.74) is 2.22. The van der Waals surface area contributed by atoms with Crippen LogP contribution in [-0.4, -0.2) is 20.9 Å². The summed E-state index contributed by atoms with van der Waals surface area (Å²) in [5, 5.41) is 2.86. The van der Waals surface area contributed by atoms with Gasteiger partial charge < -0.3 is 5.32 Å². The molecule has 3 aromatic rings. The van der Waals surface area contributed by atoms with Gasteiger partial charge in [-0.25, -0.2) is 8.42 Å². The third-order valence-corrected chi connectivity index (χ3v) is 7.48. The van der Waals surface area contributed by atoms with E-state index in [4.69, 9.17) is 11.6 Å². The third-order valence-electron chi connectivity index (χ3n) is 4.54. The van der Waals surface area contributed by atoms with Crippen LogP contribution in [0.2, 0.25) is 5.02 Å². The van der Waals surface area contributed by atoms with Crippen LogP contribution >= 0.6 is 34.2 Å². The van der Waals surface area contributed by atoms with E-state index in [-0.39, 0.29) is 22.0 Å². The lowest BCUT2D eigenvalue weighted by Crippen LogP contribution is -2.31. The molecule has 0 aliphatic carbocycles. The van der Waals surface area contributed by atoms with Gasteiger partial charge in [0.25, 0.3) is 15.9 Å². The first-order chi connectivity index (χ1) is 14.7. The average Bonchev–Trinajstić information content (AvgIpc) is 2.74. The molecule has 0 bridgehead atoms. The van der Waals surface area contributed by atoms with Gasteiger partial charge in [0.1, 0.15) is 4.90 Å². The van der Waals surface area contributed by atoms with Crippen molar-refractivity contribution in [2.75, 3.05) is 16.2 Å². The minimum atomic E-state index is -4.04. The summed E-state index contributed by atoms with van der Waals surface area (Å²) in [4.78, 5) is 12.7. The second-order valence-corrected chi connectivity index (χ2v) is 10.2. The predicted octanol–water partition coefficient (Wildman–Crippen LogP) is 5.89. The molecule has 0 heterocycles. The van der Waals surface area contributed by atoms with Crippen LogP contribution in [0.1, 0.15) is 15.9 Å². The molecule has 3 aromatic carbocycles. The number of aryl methyl sites for hydroxylation is 1. The lowest BCUT2D eigenvalue weighted by Gasteiger charge is -2.24. The van der Waals surface area contributed by atoms with Crippen molar-refractivity contribution in [1.82, 2.24) is 0 Å². The second kappa shape index (κ2) is 9.84. The van der Waals surface area contributed by atoms with Crippen LogP contribution in [-0.2, 0) is 10.0 Å². The van der Waals surface area contributed by atoms with Crippen molar-refractivity contribution in [3.05, 3.63) is 99.1 Å². The smallest absolute Gasteiger partial charge is 0.266 e. The zero-order chi connectivity index (χ0) is 22.6. The van der Waals surface area contributed by atoms with Gasteiger partial charge in [0, 0.05) is 14.8 Å². The van der Waals surface area contributed by atoms with E-state index in [9.17, 15) is 13.2 Å². The Morgan fingerprint density at radius 1 is 1.13 bits per heavy atom. The molecular formula is C23H20ClIN2O3S. The highest BCUT2D eigenvalue weighted by Gasteiger charge is 2.27. The number of nitrogens with zero attached hydrogens (tertiary/aromatic N) is 1. The number of carbonyl (C=O) groups is 1. The lowest BCUT2D eigenvalue weighted by atomic mass is 10.1. The van der Waals surface area contributed by atoms with Crippen LogP contribution in [0.15, 0.2) is 84.3 Å². The molecular weight excluding hydrogens is 547 g/mol. The maximum atomic E-state index is 13.4. The quantitative estimate of drug-likeness (QED) is 0.287. The van der Waals surface area contributed by atoms with E-state index < -0.39 is 15.9 Å². The first-order valence-electron chi connectivity index (χ1n) is 9.30. The van der Waals surface area contributed by atoms with Crippen LogP contribution in [0.5, 0.6) is 0 Å². The zero-order valence-corrected chi connectivity index (χ0v) is 20.4. The molecule has 0 aliphatic rings. The van der Waals surface area contributed by atoms with Gasteiger partial charge in [0.2, 0.25) is 0 Å². The van der Waals surface area contributed by atoms with Gasteiger partial charge in [-0.15, -0.1) is 6.58 Å². The monoisotopic (exact) mass is 566 g/mol. The number of para-hydroxylation sites is 1. The van der Waals surface area contributed by atoms with E-state index in [1.807, 2.05) is 25.1 Å².